The van der Waals surface area contributed by atoms with E-state index >= 15 is 0 Å². The number of nitrogens with zero attached hydrogens (tertiary/aromatic N) is 2. The van der Waals surface area contributed by atoms with Crippen LogP contribution in [-0.2, 0) is 13.9 Å². The number of phenols is 1. The van der Waals surface area contributed by atoms with Gasteiger partial charge in [-0.1, -0.05) is 30.3 Å². The van der Waals surface area contributed by atoms with Crippen molar-refractivity contribution in [3.63, 3.8) is 0 Å². The molecule has 2 aliphatic rings. The van der Waals surface area contributed by atoms with Crippen LogP contribution in [-0.4, -0.2) is 84.9 Å². The number of carbonyl (C=O) groups is 2. The third kappa shape index (κ3) is 12.2. The Hall–Kier alpha value is -2.74. The third-order valence-electron chi connectivity index (χ3n) is 8.80. The first-order valence-electron chi connectivity index (χ1n) is 16.5. The molecule has 0 spiro atoms. The molecule has 0 radical (unpaired) electrons. The number of fused-ring (bicyclic) bond motifs is 2. The zero-order valence-corrected chi connectivity index (χ0v) is 37.6. The van der Waals surface area contributed by atoms with E-state index in [1.165, 1.54) is 48.5 Å². The van der Waals surface area contributed by atoms with E-state index in [4.69, 9.17) is 31.5 Å². The van der Waals surface area contributed by atoms with E-state index in [0.29, 0.717) is 52.6 Å². The summed E-state index contributed by atoms with van der Waals surface area (Å²) in [5.74, 6) is -1.36. The van der Waals surface area contributed by atoms with E-state index in [1.807, 2.05) is 0 Å². The maximum Gasteiger partial charge on any atom is 1.00 e. The van der Waals surface area contributed by atoms with Crippen molar-refractivity contribution < 1.29 is 122 Å². The number of hydrogen-bond acceptors (Lipinski definition) is 13. The Balaban J connectivity index is 0.00000435. The Kier molecular flexibility index (Phi) is 17.5. The van der Waals surface area contributed by atoms with Crippen LogP contribution in [0.2, 0.25) is 0 Å². The summed E-state index contributed by atoms with van der Waals surface area (Å²) in [7, 11) is -10.1. The number of anilines is 1. The molecule has 4 atom stereocenters. The van der Waals surface area contributed by atoms with Crippen molar-refractivity contribution in [1.29, 1.82) is 0 Å². The molecule has 17 nitrogen and oxygen atoms in total. The Morgan fingerprint density at radius 2 is 1.77 bits per heavy atom. The molecule has 1 aliphatic heterocycles. The Bertz CT molecular complexity index is 2160. The molecule has 7 N–H and O–H groups in total. The zero-order chi connectivity index (χ0) is 40.1. The molecule has 0 amide bonds. The van der Waals surface area contributed by atoms with Crippen LogP contribution in [0.1, 0.15) is 45.8 Å². The number of carboxylic acids is 1. The van der Waals surface area contributed by atoms with Crippen LogP contribution < -0.4 is 89.1 Å². The number of benzene rings is 3. The van der Waals surface area contributed by atoms with E-state index in [-0.39, 0.29) is 94.5 Å². The average molecular weight is 861 g/mol. The summed E-state index contributed by atoms with van der Waals surface area (Å²) in [5, 5.41) is 33.6. The molecule has 0 bridgehead atoms. The number of aliphatic hydroxyl groups is 1. The fourth-order valence-electron chi connectivity index (χ4n) is 6.02. The summed E-state index contributed by atoms with van der Waals surface area (Å²) in [6, 6.07) is 16.2. The van der Waals surface area contributed by atoms with Gasteiger partial charge in [-0.2, -0.15) is 5.10 Å². The normalized spacial score (nSPS) is 18.9. The van der Waals surface area contributed by atoms with Crippen LogP contribution in [0.3, 0.4) is 0 Å². The summed E-state index contributed by atoms with van der Waals surface area (Å²) in [6.45, 7) is 0.216. The standard InChI is InChI=1S/C35H38N4O13P2S.2Na/c1-39(14-12-35(44,53(45,46)47)54(48,49)50)13-3-15-51-25-5-2-4-21(16-25)20-36-38-34(55)37-22-6-9-26(29(17-22)33(42)43)32-27-10-7-23(40)18-30(27)52-31-19-24(41)8-11-28(31)32;;/h2,4-11,16-20,27,32,41,44H,3,12-15H2,1H3,(H,42,43)(H2,37,38,55)(H2,45,46,47)(H2,48,49,50);;/q;2*+1/p-2/b36-20+;;. The predicted octanol–water partition coefficient (Wildman–Crippen LogP) is -3.59. The maximum atomic E-state index is 12.5. The van der Waals surface area contributed by atoms with Gasteiger partial charge in [-0.25, -0.2) is 4.79 Å². The molecule has 4 unspecified atom stereocenters. The molecule has 3 aromatic carbocycles. The van der Waals surface area contributed by atoms with Crippen molar-refractivity contribution in [2.45, 2.75) is 23.8 Å². The molecule has 5 rings (SSSR count). The van der Waals surface area contributed by atoms with E-state index in [1.54, 1.807) is 48.5 Å². The van der Waals surface area contributed by atoms with Gasteiger partial charge in [0.2, 0.25) is 0 Å². The number of ketones is 1. The van der Waals surface area contributed by atoms with Gasteiger partial charge in [0.1, 0.15) is 23.0 Å². The molecule has 292 valence electrons. The molecular formula is C35H36N4Na2O13P2S. The van der Waals surface area contributed by atoms with Crippen molar-refractivity contribution in [3.05, 3.63) is 107 Å². The van der Waals surface area contributed by atoms with Crippen LogP contribution >= 0.6 is 27.4 Å². The third-order valence-corrected chi connectivity index (χ3v) is 12.8. The van der Waals surface area contributed by atoms with Gasteiger partial charge in [0, 0.05) is 54.7 Å². The van der Waals surface area contributed by atoms with Gasteiger partial charge in [-0.3, -0.25) is 10.2 Å². The largest absolute Gasteiger partial charge is 1.00 e. The van der Waals surface area contributed by atoms with Crippen LogP contribution in [0.5, 0.6) is 17.2 Å². The number of hydrazone groups is 1. The summed E-state index contributed by atoms with van der Waals surface area (Å²) >= 11 is 5.36. The quantitative estimate of drug-likeness (QED) is 0.0194. The Morgan fingerprint density at radius 3 is 2.46 bits per heavy atom. The van der Waals surface area contributed by atoms with Crippen LogP contribution in [0.4, 0.5) is 5.69 Å². The van der Waals surface area contributed by atoms with Gasteiger partial charge in [0.25, 0.3) is 0 Å². The number of allylic oxidation sites excluding steroid dienone is 3. The van der Waals surface area contributed by atoms with Gasteiger partial charge >= 0.3 is 65.1 Å². The Labute approximate surface area is 376 Å². The van der Waals surface area contributed by atoms with Crippen LogP contribution in [0.15, 0.2) is 89.8 Å². The molecule has 0 saturated heterocycles. The number of rotatable bonds is 15. The van der Waals surface area contributed by atoms with E-state index in [2.05, 4.69) is 15.8 Å². The molecule has 1 heterocycles. The summed E-state index contributed by atoms with van der Waals surface area (Å²) in [4.78, 5) is 67.2. The number of carboxylic acid groups (broad SMARTS) is 1. The number of nitrogens with one attached hydrogen (secondary N) is 2. The number of hydrogen-bond donors (Lipinski definition) is 7. The first-order chi connectivity index (χ1) is 25.9. The van der Waals surface area contributed by atoms with Crippen LogP contribution in [0, 0.1) is 5.92 Å². The summed E-state index contributed by atoms with van der Waals surface area (Å²) in [5.41, 5.74) is 4.76. The minimum atomic E-state index is -5.83. The van der Waals surface area contributed by atoms with E-state index < -0.39 is 44.5 Å². The van der Waals surface area contributed by atoms with Gasteiger partial charge < -0.3 is 63.7 Å². The first-order valence-corrected chi connectivity index (χ1v) is 20.1. The fraction of sp³-hybridized carbons (Fsp3) is 0.257. The number of ether oxygens (including phenoxy) is 2. The van der Waals surface area contributed by atoms with Crippen molar-refractivity contribution >= 4 is 56.2 Å². The second kappa shape index (κ2) is 20.5. The maximum absolute atomic E-state index is 12.5. The molecule has 57 heavy (non-hydrogen) atoms. The van der Waals surface area contributed by atoms with Gasteiger partial charge in [0.15, 0.2) is 31.2 Å². The molecule has 22 heteroatoms. The van der Waals surface area contributed by atoms with E-state index in [9.17, 15) is 43.8 Å². The Morgan fingerprint density at radius 1 is 1.07 bits per heavy atom. The van der Waals surface area contributed by atoms with Crippen LogP contribution in [0.25, 0.3) is 0 Å². The molecule has 0 saturated carbocycles. The first kappa shape index (κ1) is 48.6. The summed E-state index contributed by atoms with van der Waals surface area (Å²) < 4.78 is 34.5. The summed E-state index contributed by atoms with van der Waals surface area (Å²) in [6.07, 6.45) is 5.35. The smallest absolute Gasteiger partial charge is 0.776 e. The minimum absolute atomic E-state index is 0. The predicted molar refractivity (Wildman–Crippen MR) is 200 cm³/mol. The monoisotopic (exact) mass is 860 g/mol. The molecule has 1 aliphatic carbocycles. The van der Waals surface area contributed by atoms with Crippen molar-refractivity contribution in [3.8, 4) is 17.2 Å². The second-order valence-corrected chi connectivity index (χ2v) is 17.0. The van der Waals surface area contributed by atoms with Crippen molar-refractivity contribution in [1.82, 2.24) is 10.3 Å². The van der Waals surface area contributed by atoms with Gasteiger partial charge in [0.05, 0.1) is 18.4 Å². The average Bonchev–Trinajstić information content (AvgIpc) is 3.10. The van der Waals surface area contributed by atoms with Gasteiger partial charge in [-0.05, 0) is 73.2 Å². The van der Waals surface area contributed by atoms with Crippen molar-refractivity contribution in [2.75, 3.05) is 32.1 Å². The fourth-order valence-corrected chi connectivity index (χ4v) is 8.23. The molecule has 0 fully saturated rings. The van der Waals surface area contributed by atoms with Crippen molar-refractivity contribution in [2.24, 2.45) is 11.0 Å². The topological polar surface area (TPSA) is 274 Å². The zero-order valence-electron chi connectivity index (χ0n) is 31.0. The number of phenolic OH excluding ortho intramolecular Hbond substituents is 1. The number of aromatic hydroxyl groups is 1. The number of carbonyl (C=O) groups excluding carboxylic acids is 1. The van der Waals surface area contributed by atoms with E-state index in [0.717, 1.165) is 0 Å². The molecular weight excluding hydrogens is 824 g/mol. The SMILES string of the molecule is CN(CCCOc1cccc(/C=N/NC(=S)Nc2ccc(C3c4ccc(O)cc4OC4=CC(=O)C=CC43)c(C(=O)O)c2)c1)CCC(O)(P(=O)([O-])O)P(=O)([O-])O.[Na+].[Na+]. The number of thiocarbonyl (C=S) groups is 1. The second-order valence-electron chi connectivity index (χ2n) is 12.7. The van der Waals surface area contributed by atoms with Gasteiger partial charge in [-0.15, -0.1) is 0 Å². The number of aromatic carboxylic acids is 1. The minimum Gasteiger partial charge on any atom is -0.776 e. The molecule has 0 aromatic heterocycles. The molecule has 3 aromatic rings.